The summed E-state index contributed by atoms with van der Waals surface area (Å²) in [5.74, 6) is 1.47. The van der Waals surface area contributed by atoms with E-state index in [0.717, 1.165) is 18.5 Å². The zero-order chi connectivity index (χ0) is 20.4. The summed E-state index contributed by atoms with van der Waals surface area (Å²) >= 11 is 0. The minimum atomic E-state index is 0.0565. The number of ether oxygens (including phenoxy) is 2. The van der Waals surface area contributed by atoms with Gasteiger partial charge in [-0.15, -0.1) is 0 Å². The van der Waals surface area contributed by atoms with Crippen molar-refractivity contribution in [1.29, 1.82) is 0 Å². The van der Waals surface area contributed by atoms with E-state index in [1.54, 1.807) is 14.2 Å². The van der Waals surface area contributed by atoms with Crippen molar-refractivity contribution in [2.75, 3.05) is 47.9 Å². The smallest absolute Gasteiger partial charge is 0.275 e. The van der Waals surface area contributed by atoms with Gasteiger partial charge >= 0.3 is 0 Å². The lowest BCUT2D eigenvalue weighted by Crippen LogP contribution is -3.09. The number of carbonyl (C=O) groups excluding carboxylic acids is 1. The number of hydrogen-bond donors (Lipinski definition) is 3. The van der Waals surface area contributed by atoms with Crippen LogP contribution in [-0.2, 0) is 11.2 Å². The number of likely N-dealkylation sites (N-methyl/N-ethyl adjacent to an activating group) is 1. The first-order valence-electron chi connectivity index (χ1n) is 9.69. The van der Waals surface area contributed by atoms with Gasteiger partial charge in [-0.05, 0) is 24.1 Å². The maximum absolute atomic E-state index is 12.2. The molecule has 0 unspecified atom stereocenters. The lowest BCUT2D eigenvalue weighted by Gasteiger charge is -2.20. The maximum atomic E-state index is 12.2. The average molecular weight is 388 g/mol. The number of hydrogen-bond acceptors (Lipinski definition) is 3. The predicted octanol–water partition coefficient (Wildman–Crippen LogP) is -0.188. The summed E-state index contributed by atoms with van der Waals surface area (Å²) in [6.07, 6.45) is 0.751. The van der Waals surface area contributed by atoms with Crippen LogP contribution >= 0.6 is 0 Å². The predicted molar refractivity (Wildman–Crippen MR) is 110 cm³/mol. The second kappa shape index (κ2) is 11.3. The minimum Gasteiger partial charge on any atom is -0.493 e. The Morgan fingerprint density at radius 2 is 1.79 bits per heavy atom. The summed E-state index contributed by atoms with van der Waals surface area (Å²) in [4.78, 5) is 13.5. The van der Waals surface area contributed by atoms with E-state index in [0.29, 0.717) is 30.6 Å². The molecule has 4 N–H and O–H groups in total. The van der Waals surface area contributed by atoms with Crippen molar-refractivity contribution < 1.29 is 24.5 Å². The monoisotopic (exact) mass is 387 g/mol. The Morgan fingerprint density at radius 1 is 1.07 bits per heavy atom. The Balaban J connectivity index is 1.74. The Hall–Kier alpha value is -2.57. The van der Waals surface area contributed by atoms with Gasteiger partial charge < -0.3 is 25.0 Å². The van der Waals surface area contributed by atoms with Crippen LogP contribution in [0.5, 0.6) is 11.5 Å². The van der Waals surface area contributed by atoms with Crippen LogP contribution in [0.15, 0.2) is 48.5 Å². The van der Waals surface area contributed by atoms with Gasteiger partial charge in [0.1, 0.15) is 6.54 Å². The van der Waals surface area contributed by atoms with E-state index >= 15 is 0 Å². The molecule has 0 spiro atoms. The number of nitrogens with two attached hydrogens (primary N) is 1. The van der Waals surface area contributed by atoms with Gasteiger partial charge in [0, 0.05) is 12.1 Å². The second-order valence-electron chi connectivity index (χ2n) is 7.06. The zero-order valence-electron chi connectivity index (χ0n) is 17.3. The average Bonchev–Trinajstić information content (AvgIpc) is 2.71. The molecule has 0 radical (unpaired) electrons. The van der Waals surface area contributed by atoms with Crippen molar-refractivity contribution in [3.05, 3.63) is 59.7 Å². The van der Waals surface area contributed by atoms with Crippen molar-refractivity contribution in [2.24, 2.45) is 0 Å². The fraction of sp³-hybridized carbons (Fsp3) is 0.409. The van der Waals surface area contributed by atoms with Gasteiger partial charge in [0.15, 0.2) is 24.1 Å². The first-order chi connectivity index (χ1) is 13.5. The lowest BCUT2D eigenvalue weighted by atomic mass is 10.1. The second-order valence-corrected chi connectivity index (χ2v) is 7.06. The molecule has 0 saturated carbocycles. The van der Waals surface area contributed by atoms with E-state index in [9.17, 15) is 4.79 Å². The highest BCUT2D eigenvalue weighted by Crippen LogP contribution is 2.27. The van der Waals surface area contributed by atoms with Crippen molar-refractivity contribution in [3.8, 4) is 11.5 Å². The number of rotatable bonds is 11. The third kappa shape index (κ3) is 6.55. The Bertz CT molecular complexity index is 735. The lowest BCUT2D eigenvalue weighted by molar-refractivity contribution is -0.908. The number of benzene rings is 2. The molecule has 0 aromatic heterocycles. The highest BCUT2D eigenvalue weighted by Gasteiger charge is 2.19. The maximum Gasteiger partial charge on any atom is 0.275 e. The number of carbonyl (C=O) groups is 1. The van der Waals surface area contributed by atoms with Gasteiger partial charge in [-0.2, -0.15) is 0 Å². The SMILES string of the molecule is COc1ccc(CCNC(=O)C[NH2+]C[C@@H](c2ccccc2)[NH+](C)C)cc1OC. The van der Waals surface area contributed by atoms with Crippen LogP contribution in [-0.4, -0.2) is 53.9 Å². The Morgan fingerprint density at radius 3 is 2.43 bits per heavy atom. The van der Waals surface area contributed by atoms with E-state index in [2.05, 4.69) is 49.0 Å². The van der Waals surface area contributed by atoms with Gasteiger partial charge in [-0.3, -0.25) is 4.79 Å². The van der Waals surface area contributed by atoms with Crippen LogP contribution < -0.4 is 25.0 Å². The van der Waals surface area contributed by atoms with Gasteiger partial charge in [-0.25, -0.2) is 0 Å². The third-order valence-electron chi connectivity index (χ3n) is 4.81. The highest BCUT2D eigenvalue weighted by atomic mass is 16.5. The molecular formula is C22H33N3O3+2. The molecule has 0 aliphatic heterocycles. The highest BCUT2D eigenvalue weighted by molar-refractivity contribution is 5.76. The molecule has 0 fully saturated rings. The molecule has 2 aromatic rings. The molecule has 0 saturated heterocycles. The largest absolute Gasteiger partial charge is 0.493 e. The molecular weight excluding hydrogens is 354 g/mol. The van der Waals surface area contributed by atoms with E-state index in [4.69, 9.17) is 9.47 Å². The molecule has 0 aliphatic rings. The van der Waals surface area contributed by atoms with Crippen LogP contribution in [0, 0.1) is 0 Å². The van der Waals surface area contributed by atoms with E-state index in [1.807, 2.05) is 24.3 Å². The van der Waals surface area contributed by atoms with E-state index < -0.39 is 0 Å². The van der Waals surface area contributed by atoms with Gasteiger partial charge in [-0.1, -0.05) is 36.4 Å². The van der Waals surface area contributed by atoms with Crippen LogP contribution in [0.4, 0.5) is 0 Å². The van der Waals surface area contributed by atoms with E-state index in [-0.39, 0.29) is 5.91 Å². The molecule has 1 atom stereocenters. The fourth-order valence-electron chi connectivity index (χ4n) is 3.23. The molecule has 1 amide bonds. The van der Waals surface area contributed by atoms with Crippen molar-refractivity contribution in [3.63, 3.8) is 0 Å². The number of nitrogens with one attached hydrogen (secondary N) is 2. The molecule has 6 nitrogen and oxygen atoms in total. The van der Waals surface area contributed by atoms with Crippen molar-refractivity contribution in [2.45, 2.75) is 12.5 Å². The molecule has 0 bridgehead atoms. The number of amides is 1. The number of quaternary nitrogens is 2. The van der Waals surface area contributed by atoms with E-state index in [1.165, 1.54) is 10.5 Å². The fourth-order valence-corrected chi connectivity index (χ4v) is 3.23. The zero-order valence-corrected chi connectivity index (χ0v) is 17.3. The number of methoxy groups -OCH3 is 2. The van der Waals surface area contributed by atoms with Crippen molar-refractivity contribution in [1.82, 2.24) is 5.32 Å². The molecule has 0 heterocycles. The quantitative estimate of drug-likeness (QED) is 0.501. The third-order valence-corrected chi connectivity index (χ3v) is 4.81. The van der Waals surface area contributed by atoms with Crippen molar-refractivity contribution >= 4 is 5.91 Å². The summed E-state index contributed by atoms with van der Waals surface area (Å²) in [5, 5.41) is 5.07. The summed E-state index contributed by atoms with van der Waals surface area (Å²) in [5.41, 5.74) is 2.40. The summed E-state index contributed by atoms with van der Waals surface area (Å²) in [6, 6.07) is 16.6. The van der Waals surface area contributed by atoms with Crippen LogP contribution in [0.3, 0.4) is 0 Å². The first-order valence-corrected chi connectivity index (χ1v) is 9.69. The first kappa shape index (κ1) is 21.7. The topological polar surface area (TPSA) is 68.6 Å². The van der Waals surface area contributed by atoms with Crippen LogP contribution in [0.1, 0.15) is 17.2 Å². The van der Waals surface area contributed by atoms with Gasteiger partial charge in [0.2, 0.25) is 0 Å². The molecule has 2 rings (SSSR count). The van der Waals surface area contributed by atoms with Gasteiger partial charge in [0.25, 0.3) is 5.91 Å². The Labute approximate surface area is 167 Å². The van der Waals surface area contributed by atoms with Crippen LogP contribution in [0.25, 0.3) is 0 Å². The Kier molecular flexibility index (Phi) is 8.78. The molecule has 2 aromatic carbocycles. The minimum absolute atomic E-state index is 0.0565. The summed E-state index contributed by atoms with van der Waals surface area (Å²) in [7, 11) is 7.54. The molecule has 28 heavy (non-hydrogen) atoms. The van der Waals surface area contributed by atoms with Crippen LogP contribution in [0.2, 0.25) is 0 Å². The molecule has 6 heteroatoms. The molecule has 0 aliphatic carbocycles. The summed E-state index contributed by atoms with van der Waals surface area (Å²) < 4.78 is 10.6. The summed E-state index contributed by atoms with van der Waals surface area (Å²) in [6.45, 7) is 1.90. The standard InChI is InChI=1S/C22H31N3O3/c1-25(2)19(18-8-6-5-7-9-18)15-23-16-22(26)24-13-12-17-10-11-20(27-3)21(14-17)28-4/h5-11,14,19,23H,12-13,15-16H2,1-4H3,(H,24,26)/p+2/t19-/m0/s1. The normalized spacial score (nSPS) is 11.9. The molecule has 152 valence electrons. The van der Waals surface area contributed by atoms with Gasteiger partial charge in [0.05, 0.1) is 28.3 Å².